The topological polar surface area (TPSA) is 86.8 Å². The summed E-state index contributed by atoms with van der Waals surface area (Å²) in [6, 6.07) is 8.02. The molecular weight excluding hydrogens is 366 g/mol. The van der Waals surface area contributed by atoms with Crippen LogP contribution in [-0.2, 0) is 19.6 Å². The number of rotatable bonds is 7. The Hall–Kier alpha value is -1.93. The van der Waals surface area contributed by atoms with Gasteiger partial charge in [-0.3, -0.25) is 9.59 Å². The van der Waals surface area contributed by atoms with Gasteiger partial charge in [-0.05, 0) is 30.9 Å². The van der Waals surface area contributed by atoms with Crippen molar-refractivity contribution in [3.05, 3.63) is 30.3 Å². The van der Waals surface area contributed by atoms with Crippen molar-refractivity contribution in [3.63, 3.8) is 0 Å². The summed E-state index contributed by atoms with van der Waals surface area (Å²) in [6.07, 6.45) is 1.91. The van der Waals surface area contributed by atoms with Gasteiger partial charge < -0.3 is 10.2 Å². The number of piperidine rings is 1. The van der Waals surface area contributed by atoms with Crippen LogP contribution in [0.4, 0.5) is 0 Å². The number of sulfonamides is 1. The van der Waals surface area contributed by atoms with Crippen LogP contribution in [0.3, 0.4) is 0 Å². The second-order valence-electron chi connectivity index (χ2n) is 7.39. The second-order valence-corrected chi connectivity index (χ2v) is 9.44. The Balaban J connectivity index is 1.82. The lowest BCUT2D eigenvalue weighted by atomic mass is 10.0. The predicted molar refractivity (Wildman–Crippen MR) is 103 cm³/mol. The molecule has 150 valence electrons. The monoisotopic (exact) mass is 395 g/mol. The molecule has 0 aromatic heterocycles. The van der Waals surface area contributed by atoms with Crippen molar-refractivity contribution in [3.8, 4) is 0 Å². The smallest absolute Gasteiger partial charge is 0.243 e. The molecule has 0 saturated carbocycles. The highest BCUT2D eigenvalue weighted by Gasteiger charge is 2.26. The summed E-state index contributed by atoms with van der Waals surface area (Å²) in [6.45, 7) is 5.04. The van der Waals surface area contributed by atoms with E-state index < -0.39 is 10.0 Å². The molecule has 0 spiro atoms. The Morgan fingerprint density at radius 2 is 1.78 bits per heavy atom. The molecule has 1 heterocycles. The highest BCUT2D eigenvalue weighted by molar-refractivity contribution is 7.89. The van der Waals surface area contributed by atoms with Crippen molar-refractivity contribution in [2.75, 3.05) is 26.7 Å². The van der Waals surface area contributed by atoms with Crippen LogP contribution in [0.15, 0.2) is 35.2 Å². The highest BCUT2D eigenvalue weighted by atomic mass is 32.2. The Kier molecular flexibility index (Phi) is 7.38. The van der Waals surface area contributed by atoms with Crippen LogP contribution in [-0.4, -0.2) is 62.2 Å². The van der Waals surface area contributed by atoms with Crippen molar-refractivity contribution in [1.82, 2.24) is 14.5 Å². The molecular formula is C19H29N3O4S. The number of carbonyl (C=O) groups excluding carboxylic acids is 2. The molecule has 1 aliphatic heterocycles. The fourth-order valence-corrected chi connectivity index (χ4v) is 4.23. The van der Waals surface area contributed by atoms with E-state index in [0.29, 0.717) is 38.3 Å². The molecule has 0 unspecified atom stereocenters. The first-order chi connectivity index (χ1) is 12.7. The summed E-state index contributed by atoms with van der Waals surface area (Å²) in [5.74, 6) is 0.157. The van der Waals surface area contributed by atoms with Gasteiger partial charge >= 0.3 is 0 Å². The van der Waals surface area contributed by atoms with E-state index in [0.717, 1.165) is 4.31 Å². The number of likely N-dealkylation sites (N-methyl/N-ethyl adjacent to an activating group) is 1. The summed E-state index contributed by atoms with van der Waals surface area (Å²) in [5, 5.41) is 2.89. The quantitative estimate of drug-likeness (QED) is 0.757. The summed E-state index contributed by atoms with van der Waals surface area (Å²) in [4.78, 5) is 26.4. The minimum absolute atomic E-state index is 0.0339. The van der Waals surface area contributed by atoms with E-state index in [1.807, 2.05) is 18.7 Å². The summed E-state index contributed by atoms with van der Waals surface area (Å²) < 4.78 is 26.0. The van der Waals surface area contributed by atoms with Gasteiger partial charge in [0, 0.05) is 32.6 Å². The van der Waals surface area contributed by atoms with E-state index in [2.05, 4.69) is 5.32 Å². The molecule has 2 amide bonds. The minimum atomic E-state index is -3.69. The third-order valence-corrected chi connectivity index (χ3v) is 6.43. The average Bonchev–Trinajstić information content (AvgIpc) is 2.62. The summed E-state index contributed by atoms with van der Waals surface area (Å²) >= 11 is 0. The largest absolute Gasteiger partial charge is 0.352 e. The van der Waals surface area contributed by atoms with Crippen LogP contribution in [0.5, 0.6) is 0 Å². The van der Waals surface area contributed by atoms with E-state index in [9.17, 15) is 18.0 Å². The van der Waals surface area contributed by atoms with E-state index in [4.69, 9.17) is 0 Å². The standard InChI is InChI=1S/C19H29N3O4S/c1-15(2)13-19(24)22-11-9-16(10-12-22)20-18(23)14-21(3)27(25,26)17-7-5-4-6-8-17/h4-8,15-16H,9-14H2,1-3H3,(H,20,23). The lowest BCUT2D eigenvalue weighted by Gasteiger charge is -2.33. The SMILES string of the molecule is CC(C)CC(=O)N1CCC(NC(=O)CN(C)S(=O)(=O)c2ccccc2)CC1. The molecule has 1 fully saturated rings. The zero-order chi connectivity index (χ0) is 20.0. The van der Waals surface area contributed by atoms with Gasteiger partial charge in [0.1, 0.15) is 0 Å². The van der Waals surface area contributed by atoms with Gasteiger partial charge in [0.25, 0.3) is 0 Å². The van der Waals surface area contributed by atoms with E-state index >= 15 is 0 Å². The first-order valence-corrected chi connectivity index (χ1v) is 10.7. The average molecular weight is 396 g/mol. The normalized spacial score (nSPS) is 16.0. The molecule has 8 heteroatoms. The van der Waals surface area contributed by atoms with Crippen LogP contribution < -0.4 is 5.32 Å². The van der Waals surface area contributed by atoms with Crippen molar-refractivity contribution in [2.45, 2.75) is 44.0 Å². The van der Waals surface area contributed by atoms with Gasteiger partial charge in [-0.1, -0.05) is 32.0 Å². The number of amides is 2. The van der Waals surface area contributed by atoms with Gasteiger partial charge in [0.15, 0.2) is 0 Å². The van der Waals surface area contributed by atoms with Crippen LogP contribution in [0, 0.1) is 5.92 Å². The maximum atomic E-state index is 12.5. The fraction of sp³-hybridized carbons (Fsp3) is 0.579. The summed E-state index contributed by atoms with van der Waals surface area (Å²) in [7, 11) is -2.29. The Bertz CT molecular complexity index is 741. The Morgan fingerprint density at radius 3 is 2.33 bits per heavy atom. The first kappa shape index (κ1) is 21.4. The number of hydrogen-bond acceptors (Lipinski definition) is 4. The van der Waals surface area contributed by atoms with E-state index in [1.54, 1.807) is 18.2 Å². The van der Waals surface area contributed by atoms with Crippen LogP contribution in [0.2, 0.25) is 0 Å². The maximum Gasteiger partial charge on any atom is 0.243 e. The zero-order valence-corrected chi connectivity index (χ0v) is 17.0. The summed E-state index contributed by atoms with van der Waals surface area (Å²) in [5.41, 5.74) is 0. The predicted octanol–water partition coefficient (Wildman–Crippen LogP) is 1.46. The Morgan fingerprint density at radius 1 is 1.19 bits per heavy atom. The molecule has 7 nitrogen and oxygen atoms in total. The molecule has 1 aromatic rings. The molecule has 0 bridgehead atoms. The molecule has 1 aromatic carbocycles. The number of hydrogen-bond donors (Lipinski definition) is 1. The van der Waals surface area contributed by atoms with Crippen LogP contribution in [0.1, 0.15) is 33.1 Å². The highest BCUT2D eigenvalue weighted by Crippen LogP contribution is 2.15. The molecule has 0 radical (unpaired) electrons. The number of benzene rings is 1. The van der Waals surface area contributed by atoms with Gasteiger partial charge in [0.2, 0.25) is 21.8 Å². The van der Waals surface area contributed by atoms with Gasteiger partial charge in [0.05, 0.1) is 11.4 Å². The first-order valence-electron chi connectivity index (χ1n) is 9.28. The molecule has 1 N–H and O–H groups in total. The number of nitrogens with zero attached hydrogens (tertiary/aromatic N) is 2. The molecule has 27 heavy (non-hydrogen) atoms. The third kappa shape index (κ3) is 6.04. The van der Waals surface area contributed by atoms with Crippen molar-refractivity contribution in [1.29, 1.82) is 0 Å². The lowest BCUT2D eigenvalue weighted by Crippen LogP contribution is -2.49. The van der Waals surface area contributed by atoms with E-state index in [-0.39, 0.29) is 29.3 Å². The molecule has 1 aliphatic rings. The van der Waals surface area contributed by atoms with Gasteiger partial charge in [-0.25, -0.2) is 8.42 Å². The van der Waals surface area contributed by atoms with Crippen LogP contribution in [0.25, 0.3) is 0 Å². The zero-order valence-electron chi connectivity index (χ0n) is 16.2. The third-order valence-electron chi connectivity index (χ3n) is 4.61. The van der Waals surface area contributed by atoms with Gasteiger partial charge in [-0.15, -0.1) is 0 Å². The van der Waals surface area contributed by atoms with Crippen molar-refractivity contribution in [2.24, 2.45) is 5.92 Å². The Labute approximate surface area is 161 Å². The second kappa shape index (κ2) is 9.32. The van der Waals surface area contributed by atoms with Gasteiger partial charge in [-0.2, -0.15) is 4.31 Å². The fourth-order valence-electron chi connectivity index (χ4n) is 3.08. The van der Waals surface area contributed by atoms with Crippen LogP contribution >= 0.6 is 0 Å². The molecule has 0 atom stereocenters. The number of carbonyl (C=O) groups is 2. The van der Waals surface area contributed by atoms with Crippen molar-refractivity contribution < 1.29 is 18.0 Å². The molecule has 1 saturated heterocycles. The molecule has 0 aliphatic carbocycles. The minimum Gasteiger partial charge on any atom is -0.352 e. The maximum absolute atomic E-state index is 12.5. The number of likely N-dealkylation sites (tertiary alicyclic amines) is 1. The lowest BCUT2D eigenvalue weighted by molar-refractivity contribution is -0.133. The number of nitrogens with one attached hydrogen (secondary N) is 1. The van der Waals surface area contributed by atoms with Crippen molar-refractivity contribution >= 4 is 21.8 Å². The molecule has 2 rings (SSSR count). The van der Waals surface area contributed by atoms with E-state index in [1.165, 1.54) is 19.2 Å².